The molecular weight excluding hydrogens is 370 g/mol. The second kappa shape index (κ2) is 5.16. The molecule has 6 heteroatoms. The van der Waals surface area contributed by atoms with Crippen molar-refractivity contribution >= 4 is 44.7 Å². The SMILES string of the molecule is Clc1ccc(-c2nn(-c3cccc(Br)c3)c3c2CCN3)s1. The first-order chi connectivity index (χ1) is 10.2. The molecule has 0 spiro atoms. The molecule has 0 atom stereocenters. The lowest BCUT2D eigenvalue weighted by atomic mass is 10.2. The number of hydrogen-bond acceptors (Lipinski definition) is 3. The molecule has 21 heavy (non-hydrogen) atoms. The lowest BCUT2D eigenvalue weighted by Crippen LogP contribution is -2.04. The minimum atomic E-state index is 0.793. The van der Waals surface area contributed by atoms with Crippen molar-refractivity contribution in [1.82, 2.24) is 9.78 Å². The van der Waals surface area contributed by atoms with Crippen LogP contribution in [-0.2, 0) is 6.42 Å². The fourth-order valence-corrected chi connectivity index (χ4v) is 4.05. The Morgan fingerprint density at radius 1 is 1.29 bits per heavy atom. The number of thiophene rings is 1. The molecule has 3 aromatic rings. The second-order valence-electron chi connectivity index (χ2n) is 4.85. The average Bonchev–Trinajstić information content (AvgIpc) is 3.14. The van der Waals surface area contributed by atoms with E-state index in [0.29, 0.717) is 0 Å². The van der Waals surface area contributed by atoms with Crippen molar-refractivity contribution in [2.75, 3.05) is 11.9 Å². The van der Waals surface area contributed by atoms with Crippen LogP contribution in [0.2, 0.25) is 4.34 Å². The Morgan fingerprint density at radius 3 is 2.95 bits per heavy atom. The van der Waals surface area contributed by atoms with E-state index in [1.807, 2.05) is 28.9 Å². The molecular formula is C15H11BrClN3S. The lowest BCUT2D eigenvalue weighted by Gasteiger charge is -2.06. The van der Waals surface area contributed by atoms with Crippen molar-refractivity contribution in [2.45, 2.75) is 6.42 Å². The number of hydrogen-bond donors (Lipinski definition) is 1. The van der Waals surface area contributed by atoms with Crippen molar-refractivity contribution < 1.29 is 0 Å². The molecule has 3 nitrogen and oxygen atoms in total. The Kier molecular flexibility index (Phi) is 3.28. The van der Waals surface area contributed by atoms with Crippen molar-refractivity contribution in [3.8, 4) is 16.3 Å². The zero-order valence-electron chi connectivity index (χ0n) is 10.9. The van der Waals surface area contributed by atoms with Crippen LogP contribution in [0.4, 0.5) is 5.82 Å². The summed E-state index contributed by atoms with van der Waals surface area (Å²) < 4.78 is 3.82. The summed E-state index contributed by atoms with van der Waals surface area (Å²) in [5, 5.41) is 8.25. The summed E-state index contributed by atoms with van der Waals surface area (Å²) in [5.41, 5.74) is 3.35. The number of aromatic nitrogens is 2. The first-order valence-electron chi connectivity index (χ1n) is 6.60. The van der Waals surface area contributed by atoms with Crippen LogP contribution in [-0.4, -0.2) is 16.3 Å². The van der Waals surface area contributed by atoms with Crippen molar-refractivity contribution in [2.24, 2.45) is 0 Å². The zero-order valence-corrected chi connectivity index (χ0v) is 14.1. The van der Waals surface area contributed by atoms with E-state index in [1.165, 1.54) is 5.56 Å². The smallest absolute Gasteiger partial charge is 0.133 e. The van der Waals surface area contributed by atoms with E-state index in [1.54, 1.807) is 11.3 Å². The van der Waals surface area contributed by atoms with Crippen LogP contribution < -0.4 is 5.32 Å². The van der Waals surface area contributed by atoms with Gasteiger partial charge in [-0.05, 0) is 36.8 Å². The molecule has 0 saturated heterocycles. The van der Waals surface area contributed by atoms with Gasteiger partial charge in [-0.15, -0.1) is 11.3 Å². The quantitative estimate of drug-likeness (QED) is 0.679. The van der Waals surface area contributed by atoms with Gasteiger partial charge in [-0.1, -0.05) is 33.6 Å². The zero-order chi connectivity index (χ0) is 14.4. The number of nitrogens with zero attached hydrogens (tertiary/aromatic N) is 2. The molecule has 0 bridgehead atoms. The van der Waals surface area contributed by atoms with Crippen LogP contribution in [0.3, 0.4) is 0 Å². The largest absolute Gasteiger partial charge is 0.369 e. The third-order valence-corrected chi connectivity index (χ3v) is 5.24. The van der Waals surface area contributed by atoms with E-state index >= 15 is 0 Å². The number of benzene rings is 1. The number of halogens is 2. The molecule has 2 aromatic heterocycles. The van der Waals surface area contributed by atoms with Gasteiger partial charge in [0.25, 0.3) is 0 Å². The van der Waals surface area contributed by atoms with E-state index < -0.39 is 0 Å². The third-order valence-electron chi connectivity index (χ3n) is 3.51. The summed E-state index contributed by atoms with van der Waals surface area (Å²) in [6.45, 7) is 0.952. The van der Waals surface area contributed by atoms with Gasteiger partial charge >= 0.3 is 0 Å². The molecule has 1 aliphatic heterocycles. The molecule has 0 aliphatic carbocycles. The first kappa shape index (κ1) is 13.4. The van der Waals surface area contributed by atoms with Gasteiger partial charge < -0.3 is 5.32 Å². The topological polar surface area (TPSA) is 29.9 Å². The van der Waals surface area contributed by atoms with Crippen LogP contribution in [0, 0.1) is 0 Å². The summed E-state index contributed by atoms with van der Waals surface area (Å²) in [6, 6.07) is 12.1. The molecule has 0 amide bonds. The van der Waals surface area contributed by atoms with Gasteiger partial charge in [0, 0.05) is 16.6 Å². The number of nitrogens with one attached hydrogen (secondary N) is 1. The summed E-state index contributed by atoms with van der Waals surface area (Å²) in [6.07, 6.45) is 0.994. The molecule has 0 radical (unpaired) electrons. The molecule has 0 saturated carbocycles. The molecule has 1 aliphatic rings. The molecule has 1 N–H and O–H groups in total. The fraction of sp³-hybridized carbons (Fsp3) is 0.133. The molecule has 106 valence electrons. The molecule has 3 heterocycles. The summed E-state index contributed by atoms with van der Waals surface area (Å²) >= 11 is 11.2. The van der Waals surface area contributed by atoms with E-state index in [2.05, 4.69) is 33.4 Å². The minimum absolute atomic E-state index is 0.793. The van der Waals surface area contributed by atoms with Gasteiger partial charge in [0.2, 0.25) is 0 Å². The average molecular weight is 381 g/mol. The summed E-state index contributed by atoms with van der Waals surface area (Å²) in [5.74, 6) is 1.09. The highest BCUT2D eigenvalue weighted by atomic mass is 79.9. The summed E-state index contributed by atoms with van der Waals surface area (Å²) in [4.78, 5) is 1.12. The van der Waals surface area contributed by atoms with Crippen LogP contribution >= 0.6 is 38.9 Å². The molecule has 0 fully saturated rings. The molecule has 0 unspecified atom stereocenters. The standard InChI is InChI=1S/C15H11BrClN3S/c16-9-2-1-3-10(8-9)20-15-11(6-7-18-15)14(19-20)12-4-5-13(17)21-12/h1-5,8,18H,6-7H2. The van der Waals surface area contributed by atoms with E-state index in [4.69, 9.17) is 16.7 Å². The van der Waals surface area contributed by atoms with E-state index in [0.717, 1.165) is 43.9 Å². The highest BCUT2D eigenvalue weighted by molar-refractivity contribution is 9.10. The monoisotopic (exact) mass is 379 g/mol. The fourth-order valence-electron chi connectivity index (χ4n) is 2.61. The normalized spacial score (nSPS) is 13.2. The maximum atomic E-state index is 6.07. The second-order valence-corrected chi connectivity index (χ2v) is 7.48. The van der Waals surface area contributed by atoms with Crippen LogP contribution in [0.1, 0.15) is 5.56 Å². The Bertz CT molecular complexity index is 824. The highest BCUT2D eigenvalue weighted by Crippen LogP contribution is 2.38. The summed E-state index contributed by atoms with van der Waals surface area (Å²) in [7, 11) is 0. The van der Waals surface area contributed by atoms with Crippen molar-refractivity contribution in [3.05, 3.63) is 50.8 Å². The predicted molar refractivity (Wildman–Crippen MR) is 91.8 cm³/mol. The Morgan fingerprint density at radius 2 is 2.19 bits per heavy atom. The minimum Gasteiger partial charge on any atom is -0.369 e. The van der Waals surface area contributed by atoms with Crippen LogP contribution in [0.5, 0.6) is 0 Å². The predicted octanol–water partition coefficient (Wildman–Crippen LogP) is 4.98. The number of rotatable bonds is 2. The number of fused-ring (bicyclic) bond motifs is 1. The van der Waals surface area contributed by atoms with Gasteiger partial charge in [0.05, 0.1) is 14.9 Å². The van der Waals surface area contributed by atoms with Crippen LogP contribution in [0.15, 0.2) is 40.9 Å². The Hall–Kier alpha value is -1.30. The highest BCUT2D eigenvalue weighted by Gasteiger charge is 2.24. The van der Waals surface area contributed by atoms with Crippen molar-refractivity contribution in [1.29, 1.82) is 0 Å². The Labute approximate surface area is 139 Å². The van der Waals surface area contributed by atoms with E-state index in [-0.39, 0.29) is 0 Å². The molecule has 4 rings (SSSR count). The van der Waals surface area contributed by atoms with Gasteiger partial charge in [-0.2, -0.15) is 5.10 Å². The first-order valence-corrected chi connectivity index (χ1v) is 8.58. The number of anilines is 1. The third kappa shape index (κ3) is 2.29. The van der Waals surface area contributed by atoms with Gasteiger partial charge in [-0.25, -0.2) is 4.68 Å². The maximum absolute atomic E-state index is 6.07. The van der Waals surface area contributed by atoms with E-state index in [9.17, 15) is 0 Å². The van der Waals surface area contributed by atoms with Gasteiger partial charge in [0.1, 0.15) is 11.5 Å². The van der Waals surface area contributed by atoms with Gasteiger partial charge in [-0.3, -0.25) is 0 Å². The molecule has 1 aromatic carbocycles. The van der Waals surface area contributed by atoms with Gasteiger partial charge in [0.15, 0.2) is 0 Å². The maximum Gasteiger partial charge on any atom is 0.133 e. The lowest BCUT2D eigenvalue weighted by molar-refractivity contribution is 0.883. The Balaban J connectivity index is 1.90. The van der Waals surface area contributed by atoms with Crippen molar-refractivity contribution in [3.63, 3.8) is 0 Å². The van der Waals surface area contributed by atoms with Crippen LogP contribution in [0.25, 0.3) is 16.3 Å².